The molecule has 16 heavy (non-hydrogen) atoms. The lowest BCUT2D eigenvalue weighted by Crippen LogP contribution is -1.93. The molecule has 82 valence electrons. The molecule has 1 heterocycles. The minimum atomic E-state index is 0.422. The summed E-state index contributed by atoms with van der Waals surface area (Å²) in [5.74, 6) is 0.422. The standard InChI is InChI=1S/C14H15NS/c1-10(2)11(3)12-4-6-13(7-5-12)14-15-8-9-16-14/h4-9,11H,1H2,2-3H3. The molecule has 1 atom stereocenters. The molecule has 0 bridgehead atoms. The quantitative estimate of drug-likeness (QED) is 0.707. The van der Waals surface area contributed by atoms with Gasteiger partial charge in [0.2, 0.25) is 0 Å². The van der Waals surface area contributed by atoms with Crippen molar-refractivity contribution in [2.24, 2.45) is 0 Å². The van der Waals surface area contributed by atoms with Crippen molar-refractivity contribution >= 4 is 11.3 Å². The van der Waals surface area contributed by atoms with Gasteiger partial charge in [-0.05, 0) is 12.5 Å². The lowest BCUT2D eigenvalue weighted by molar-refractivity contribution is 0.899. The van der Waals surface area contributed by atoms with Crippen molar-refractivity contribution in [3.8, 4) is 10.6 Å². The Morgan fingerprint density at radius 1 is 1.31 bits per heavy atom. The molecular weight excluding hydrogens is 214 g/mol. The number of nitrogens with zero attached hydrogens (tertiary/aromatic N) is 1. The van der Waals surface area contributed by atoms with E-state index in [9.17, 15) is 0 Å². The fourth-order valence-corrected chi connectivity index (χ4v) is 2.21. The summed E-state index contributed by atoms with van der Waals surface area (Å²) >= 11 is 1.67. The maximum Gasteiger partial charge on any atom is 0.123 e. The van der Waals surface area contributed by atoms with Crippen LogP contribution in [0.25, 0.3) is 10.6 Å². The van der Waals surface area contributed by atoms with Crippen molar-refractivity contribution in [3.05, 3.63) is 53.6 Å². The fraction of sp³-hybridized carbons (Fsp3) is 0.214. The van der Waals surface area contributed by atoms with Crippen LogP contribution in [0.3, 0.4) is 0 Å². The monoisotopic (exact) mass is 229 g/mol. The van der Waals surface area contributed by atoms with Crippen LogP contribution in [0, 0.1) is 0 Å². The zero-order chi connectivity index (χ0) is 11.5. The summed E-state index contributed by atoms with van der Waals surface area (Å²) in [5.41, 5.74) is 3.70. The highest BCUT2D eigenvalue weighted by molar-refractivity contribution is 7.13. The summed E-state index contributed by atoms with van der Waals surface area (Å²) in [6.45, 7) is 8.24. The second kappa shape index (κ2) is 4.62. The second-order valence-electron chi connectivity index (χ2n) is 4.03. The fourth-order valence-electron chi connectivity index (χ4n) is 1.56. The number of hydrogen-bond acceptors (Lipinski definition) is 2. The van der Waals surface area contributed by atoms with Gasteiger partial charge in [-0.25, -0.2) is 4.98 Å². The Kier molecular flexibility index (Phi) is 3.20. The molecule has 0 radical (unpaired) electrons. The van der Waals surface area contributed by atoms with E-state index in [2.05, 4.69) is 49.7 Å². The summed E-state index contributed by atoms with van der Waals surface area (Å²) < 4.78 is 0. The first kappa shape index (κ1) is 11.1. The lowest BCUT2D eigenvalue weighted by Gasteiger charge is -2.11. The van der Waals surface area contributed by atoms with Gasteiger partial charge in [0, 0.05) is 23.1 Å². The van der Waals surface area contributed by atoms with E-state index in [0.29, 0.717) is 5.92 Å². The molecule has 0 aliphatic rings. The molecule has 1 aromatic heterocycles. The van der Waals surface area contributed by atoms with Gasteiger partial charge in [-0.15, -0.1) is 11.3 Å². The third kappa shape index (κ3) is 2.22. The molecule has 0 saturated heterocycles. The van der Waals surface area contributed by atoms with E-state index in [1.165, 1.54) is 16.7 Å². The summed E-state index contributed by atoms with van der Waals surface area (Å²) in [5, 5.41) is 3.08. The van der Waals surface area contributed by atoms with Gasteiger partial charge in [0.05, 0.1) is 0 Å². The van der Waals surface area contributed by atoms with Crippen molar-refractivity contribution < 1.29 is 0 Å². The van der Waals surface area contributed by atoms with E-state index >= 15 is 0 Å². The number of benzene rings is 1. The second-order valence-corrected chi connectivity index (χ2v) is 4.92. The van der Waals surface area contributed by atoms with Gasteiger partial charge in [-0.1, -0.05) is 43.3 Å². The molecule has 1 nitrogen and oxygen atoms in total. The van der Waals surface area contributed by atoms with Crippen molar-refractivity contribution in [3.63, 3.8) is 0 Å². The van der Waals surface area contributed by atoms with E-state index in [4.69, 9.17) is 0 Å². The Labute approximate surface area is 100 Å². The number of allylic oxidation sites excluding steroid dienone is 1. The van der Waals surface area contributed by atoms with E-state index < -0.39 is 0 Å². The van der Waals surface area contributed by atoms with Crippen LogP contribution in [0.4, 0.5) is 0 Å². The maximum absolute atomic E-state index is 4.30. The Hall–Kier alpha value is -1.41. The normalized spacial score (nSPS) is 12.4. The molecule has 0 saturated carbocycles. The average Bonchev–Trinajstić information content (AvgIpc) is 2.81. The van der Waals surface area contributed by atoms with Gasteiger partial charge in [0.25, 0.3) is 0 Å². The predicted octanol–water partition coefficient (Wildman–Crippen LogP) is 4.49. The zero-order valence-electron chi connectivity index (χ0n) is 9.60. The van der Waals surface area contributed by atoms with Crippen LogP contribution in [-0.4, -0.2) is 4.98 Å². The Bertz CT molecular complexity index is 468. The highest BCUT2D eigenvalue weighted by Crippen LogP contribution is 2.26. The molecule has 1 aromatic carbocycles. The van der Waals surface area contributed by atoms with Gasteiger partial charge >= 0.3 is 0 Å². The molecule has 0 spiro atoms. The van der Waals surface area contributed by atoms with Crippen LogP contribution in [0.2, 0.25) is 0 Å². The number of rotatable bonds is 3. The highest BCUT2D eigenvalue weighted by atomic mass is 32.1. The maximum atomic E-state index is 4.30. The van der Waals surface area contributed by atoms with Gasteiger partial charge in [0.15, 0.2) is 0 Å². The number of aromatic nitrogens is 1. The van der Waals surface area contributed by atoms with Gasteiger partial charge in [-0.2, -0.15) is 0 Å². The van der Waals surface area contributed by atoms with Gasteiger partial charge in [-0.3, -0.25) is 0 Å². The van der Waals surface area contributed by atoms with E-state index in [0.717, 1.165) is 5.01 Å². The molecule has 2 aromatic rings. The van der Waals surface area contributed by atoms with Crippen LogP contribution < -0.4 is 0 Å². The minimum absolute atomic E-state index is 0.422. The summed E-state index contributed by atoms with van der Waals surface area (Å²) in [6, 6.07) is 8.59. The molecule has 0 fully saturated rings. The predicted molar refractivity (Wildman–Crippen MR) is 70.8 cm³/mol. The summed E-state index contributed by atoms with van der Waals surface area (Å²) in [4.78, 5) is 4.30. The Morgan fingerprint density at radius 3 is 2.50 bits per heavy atom. The number of hydrogen-bond donors (Lipinski definition) is 0. The minimum Gasteiger partial charge on any atom is -0.245 e. The van der Waals surface area contributed by atoms with Crippen molar-refractivity contribution in [2.45, 2.75) is 19.8 Å². The van der Waals surface area contributed by atoms with E-state index in [-0.39, 0.29) is 0 Å². The SMILES string of the molecule is C=C(C)C(C)c1ccc(-c2nccs2)cc1. The first-order chi connectivity index (χ1) is 7.68. The molecule has 0 aliphatic heterocycles. The van der Waals surface area contributed by atoms with Crippen LogP contribution in [0.5, 0.6) is 0 Å². The summed E-state index contributed by atoms with van der Waals surface area (Å²) in [6.07, 6.45) is 1.84. The smallest absolute Gasteiger partial charge is 0.123 e. The van der Waals surface area contributed by atoms with Gasteiger partial charge < -0.3 is 0 Å². The third-order valence-electron chi connectivity index (χ3n) is 2.83. The Balaban J connectivity index is 2.26. The topological polar surface area (TPSA) is 12.9 Å². The van der Waals surface area contributed by atoms with E-state index in [1.807, 2.05) is 11.6 Å². The van der Waals surface area contributed by atoms with Crippen LogP contribution in [0.1, 0.15) is 25.3 Å². The third-order valence-corrected chi connectivity index (χ3v) is 3.65. The molecule has 0 N–H and O–H groups in total. The lowest BCUT2D eigenvalue weighted by atomic mass is 9.94. The molecule has 1 unspecified atom stereocenters. The first-order valence-corrected chi connectivity index (χ1v) is 6.21. The molecule has 0 aliphatic carbocycles. The van der Waals surface area contributed by atoms with Crippen LogP contribution in [-0.2, 0) is 0 Å². The molecule has 2 rings (SSSR count). The highest BCUT2D eigenvalue weighted by Gasteiger charge is 2.06. The molecular formula is C14H15NS. The van der Waals surface area contributed by atoms with Crippen LogP contribution >= 0.6 is 11.3 Å². The summed E-state index contributed by atoms with van der Waals surface area (Å²) in [7, 11) is 0. The van der Waals surface area contributed by atoms with E-state index in [1.54, 1.807) is 11.3 Å². The van der Waals surface area contributed by atoms with Crippen molar-refractivity contribution in [1.29, 1.82) is 0 Å². The van der Waals surface area contributed by atoms with Gasteiger partial charge in [0.1, 0.15) is 5.01 Å². The zero-order valence-corrected chi connectivity index (χ0v) is 10.4. The molecule has 2 heteroatoms. The van der Waals surface area contributed by atoms with Crippen LogP contribution in [0.15, 0.2) is 48.0 Å². The average molecular weight is 229 g/mol. The largest absolute Gasteiger partial charge is 0.245 e. The molecule has 0 amide bonds. The number of thiazole rings is 1. The first-order valence-electron chi connectivity index (χ1n) is 5.33. The van der Waals surface area contributed by atoms with Crippen molar-refractivity contribution in [2.75, 3.05) is 0 Å². The van der Waals surface area contributed by atoms with Crippen molar-refractivity contribution in [1.82, 2.24) is 4.98 Å². The Morgan fingerprint density at radius 2 is 2.00 bits per heavy atom.